The number of nitrogens with zero attached hydrogens (tertiary/aromatic N) is 2. The first kappa shape index (κ1) is 18.7. The van der Waals surface area contributed by atoms with Gasteiger partial charge >= 0.3 is 5.97 Å². The highest BCUT2D eigenvalue weighted by Crippen LogP contribution is 2.33. The Labute approximate surface area is 153 Å². The number of thiophene rings is 1. The van der Waals surface area contributed by atoms with Crippen molar-refractivity contribution >= 4 is 44.1 Å². The molecule has 1 atom stereocenters. The van der Waals surface area contributed by atoms with Crippen molar-refractivity contribution in [3.63, 3.8) is 0 Å². The molecule has 0 radical (unpaired) electrons. The third kappa shape index (κ3) is 4.24. The molecule has 1 N–H and O–H groups in total. The third-order valence-corrected chi connectivity index (χ3v) is 5.14. The van der Waals surface area contributed by atoms with Crippen LogP contribution in [0.1, 0.15) is 34.6 Å². The van der Waals surface area contributed by atoms with Crippen molar-refractivity contribution in [1.29, 1.82) is 0 Å². The Morgan fingerprint density at radius 2 is 2.17 bits per heavy atom. The first-order chi connectivity index (χ1) is 11.3. The van der Waals surface area contributed by atoms with Crippen LogP contribution in [0.15, 0.2) is 16.9 Å². The number of nitrogens with one attached hydrogen (secondary N) is 1. The maximum Gasteiger partial charge on any atom is 0.341 e. The highest BCUT2D eigenvalue weighted by molar-refractivity contribution is 9.10. The van der Waals surface area contributed by atoms with Crippen molar-refractivity contribution in [2.24, 2.45) is 5.92 Å². The number of halogens is 1. The van der Waals surface area contributed by atoms with Gasteiger partial charge in [-0.1, -0.05) is 6.92 Å². The fourth-order valence-corrected chi connectivity index (χ4v) is 3.58. The number of carbonyl (C=O) groups is 2. The summed E-state index contributed by atoms with van der Waals surface area (Å²) < 4.78 is 7.67. The van der Waals surface area contributed by atoms with Crippen LogP contribution in [0.2, 0.25) is 0 Å². The van der Waals surface area contributed by atoms with E-state index in [4.69, 9.17) is 4.74 Å². The Hall–Kier alpha value is -1.67. The Kier molecular flexibility index (Phi) is 6.17. The van der Waals surface area contributed by atoms with Crippen molar-refractivity contribution < 1.29 is 14.3 Å². The topological polar surface area (TPSA) is 73.2 Å². The maximum atomic E-state index is 12.5. The Bertz CT molecular complexity index is 754. The molecule has 130 valence electrons. The van der Waals surface area contributed by atoms with E-state index in [1.807, 2.05) is 27.0 Å². The molecule has 2 rings (SSSR count). The fraction of sp³-hybridized carbons (Fsp3) is 0.438. The molecule has 0 bridgehead atoms. The van der Waals surface area contributed by atoms with Crippen LogP contribution in [0, 0.1) is 19.8 Å². The van der Waals surface area contributed by atoms with E-state index < -0.39 is 5.97 Å². The average Bonchev–Trinajstić information content (AvgIpc) is 3.03. The lowest BCUT2D eigenvalue weighted by molar-refractivity contribution is -0.119. The second kappa shape index (κ2) is 7.94. The third-order valence-electron chi connectivity index (χ3n) is 3.61. The first-order valence-corrected chi connectivity index (χ1v) is 9.20. The van der Waals surface area contributed by atoms with Gasteiger partial charge in [0.1, 0.15) is 5.00 Å². The standard InChI is InChI=1S/C16H20BrN3O3S/c1-5-23-16(22)13-10(3)11(4)24-15(13)19-14(21)9(2)7-20-8-12(17)6-18-20/h6,8-9H,5,7H2,1-4H3,(H,19,21). The number of aromatic nitrogens is 2. The van der Waals surface area contributed by atoms with Crippen molar-refractivity contribution in [2.45, 2.75) is 34.2 Å². The van der Waals surface area contributed by atoms with Gasteiger partial charge in [-0.25, -0.2) is 4.79 Å². The number of rotatable bonds is 6. The maximum absolute atomic E-state index is 12.5. The highest BCUT2D eigenvalue weighted by atomic mass is 79.9. The van der Waals surface area contributed by atoms with Crippen molar-refractivity contribution in [3.05, 3.63) is 32.9 Å². The zero-order chi connectivity index (χ0) is 17.9. The van der Waals surface area contributed by atoms with Gasteiger partial charge in [0.25, 0.3) is 0 Å². The van der Waals surface area contributed by atoms with Gasteiger partial charge in [-0.3, -0.25) is 9.48 Å². The molecule has 2 heterocycles. The van der Waals surface area contributed by atoms with Crippen LogP contribution in [0.3, 0.4) is 0 Å². The van der Waals surface area contributed by atoms with E-state index in [0.717, 1.165) is 14.9 Å². The molecule has 2 aromatic rings. The molecule has 1 unspecified atom stereocenters. The molecule has 0 aromatic carbocycles. The van der Waals surface area contributed by atoms with Gasteiger partial charge in [-0.05, 0) is 42.3 Å². The molecule has 2 aromatic heterocycles. The van der Waals surface area contributed by atoms with Crippen molar-refractivity contribution in [3.8, 4) is 0 Å². The Balaban J connectivity index is 2.13. The molecule has 0 aliphatic carbocycles. The largest absolute Gasteiger partial charge is 0.462 e. The number of anilines is 1. The normalized spacial score (nSPS) is 12.0. The van der Waals surface area contributed by atoms with Gasteiger partial charge < -0.3 is 10.1 Å². The number of esters is 1. The molecule has 0 fully saturated rings. The second-order valence-electron chi connectivity index (χ2n) is 5.48. The molecule has 1 amide bonds. The molecule has 24 heavy (non-hydrogen) atoms. The van der Waals surface area contributed by atoms with E-state index >= 15 is 0 Å². The minimum absolute atomic E-state index is 0.159. The molecule has 8 heteroatoms. The number of amides is 1. The minimum atomic E-state index is -0.404. The van der Waals surface area contributed by atoms with Crippen LogP contribution >= 0.6 is 27.3 Å². The number of aryl methyl sites for hydroxylation is 1. The first-order valence-electron chi connectivity index (χ1n) is 7.59. The van der Waals surface area contributed by atoms with Gasteiger partial charge in [-0.2, -0.15) is 5.10 Å². The summed E-state index contributed by atoms with van der Waals surface area (Å²) >= 11 is 4.72. The number of carbonyl (C=O) groups excluding carboxylic acids is 2. The van der Waals surface area contributed by atoms with E-state index in [1.54, 1.807) is 17.8 Å². The summed E-state index contributed by atoms with van der Waals surface area (Å²) in [5.74, 6) is -0.860. The van der Waals surface area contributed by atoms with Crippen LogP contribution in [0.5, 0.6) is 0 Å². The van der Waals surface area contributed by atoms with Gasteiger partial charge in [0.05, 0.1) is 35.3 Å². The molecular formula is C16H20BrN3O3S. The van der Waals surface area contributed by atoms with E-state index in [0.29, 0.717) is 23.7 Å². The number of hydrogen-bond donors (Lipinski definition) is 1. The monoisotopic (exact) mass is 413 g/mol. The summed E-state index contributed by atoms with van der Waals surface area (Å²) in [7, 11) is 0. The molecule has 0 spiro atoms. The zero-order valence-corrected chi connectivity index (χ0v) is 16.5. The minimum Gasteiger partial charge on any atom is -0.462 e. The van der Waals surface area contributed by atoms with E-state index in [2.05, 4.69) is 26.3 Å². The van der Waals surface area contributed by atoms with Gasteiger partial charge in [0.15, 0.2) is 0 Å². The summed E-state index contributed by atoms with van der Waals surface area (Å²) in [6.07, 6.45) is 3.49. The lowest BCUT2D eigenvalue weighted by Gasteiger charge is -2.12. The van der Waals surface area contributed by atoms with Crippen molar-refractivity contribution in [1.82, 2.24) is 9.78 Å². The SMILES string of the molecule is CCOC(=O)c1c(NC(=O)C(C)Cn2cc(Br)cn2)sc(C)c1C. The van der Waals surface area contributed by atoms with Crippen LogP contribution in [-0.4, -0.2) is 28.3 Å². The molecular weight excluding hydrogens is 394 g/mol. The smallest absolute Gasteiger partial charge is 0.341 e. The summed E-state index contributed by atoms with van der Waals surface area (Å²) in [6.45, 7) is 8.11. The Morgan fingerprint density at radius 3 is 2.75 bits per heavy atom. The highest BCUT2D eigenvalue weighted by Gasteiger charge is 2.23. The van der Waals surface area contributed by atoms with E-state index in [9.17, 15) is 9.59 Å². The Morgan fingerprint density at radius 1 is 1.46 bits per heavy atom. The average molecular weight is 414 g/mol. The van der Waals surface area contributed by atoms with Gasteiger partial charge in [-0.15, -0.1) is 11.3 Å². The van der Waals surface area contributed by atoms with Crippen LogP contribution in [0.25, 0.3) is 0 Å². The molecule has 0 aliphatic rings. The summed E-state index contributed by atoms with van der Waals surface area (Å²) in [6, 6.07) is 0. The summed E-state index contributed by atoms with van der Waals surface area (Å²) in [5, 5.41) is 7.56. The zero-order valence-electron chi connectivity index (χ0n) is 14.1. The lowest BCUT2D eigenvalue weighted by atomic mass is 10.1. The summed E-state index contributed by atoms with van der Waals surface area (Å²) in [4.78, 5) is 25.6. The van der Waals surface area contributed by atoms with Crippen molar-refractivity contribution in [2.75, 3.05) is 11.9 Å². The molecule has 0 saturated heterocycles. The van der Waals surface area contributed by atoms with E-state index in [1.165, 1.54) is 11.3 Å². The molecule has 0 aliphatic heterocycles. The fourth-order valence-electron chi connectivity index (χ4n) is 2.20. The number of ether oxygens (including phenoxy) is 1. The van der Waals surface area contributed by atoms with Crippen LogP contribution in [0.4, 0.5) is 5.00 Å². The van der Waals surface area contributed by atoms with Gasteiger partial charge in [0, 0.05) is 11.1 Å². The predicted molar refractivity (Wildman–Crippen MR) is 97.5 cm³/mol. The van der Waals surface area contributed by atoms with Gasteiger partial charge in [0.2, 0.25) is 5.91 Å². The quantitative estimate of drug-likeness (QED) is 0.731. The van der Waals surface area contributed by atoms with E-state index in [-0.39, 0.29) is 11.8 Å². The summed E-state index contributed by atoms with van der Waals surface area (Å²) in [5.41, 5.74) is 1.29. The van der Waals surface area contributed by atoms with Crippen LogP contribution in [-0.2, 0) is 16.1 Å². The second-order valence-corrected chi connectivity index (χ2v) is 7.62. The predicted octanol–water partition coefficient (Wildman–Crippen LogP) is 3.78. The lowest BCUT2D eigenvalue weighted by Crippen LogP contribution is -2.25. The molecule has 6 nitrogen and oxygen atoms in total. The van der Waals surface area contributed by atoms with Crippen LogP contribution < -0.4 is 5.32 Å². The molecule has 0 saturated carbocycles. The number of hydrogen-bond acceptors (Lipinski definition) is 5.